The summed E-state index contributed by atoms with van der Waals surface area (Å²) in [4.78, 5) is 28.7. The van der Waals surface area contributed by atoms with E-state index in [0.717, 1.165) is 50.5 Å². The molecule has 5 nitrogen and oxygen atoms in total. The molecule has 32 heavy (non-hydrogen) atoms. The first-order valence-electron chi connectivity index (χ1n) is 13.6. The zero-order valence-corrected chi connectivity index (χ0v) is 20.3. The Balaban J connectivity index is 1.16. The van der Waals surface area contributed by atoms with Crippen molar-refractivity contribution in [3.63, 3.8) is 0 Å². The number of hydrogen-bond acceptors (Lipinski definition) is 3. The normalized spacial score (nSPS) is 41.8. The van der Waals surface area contributed by atoms with Gasteiger partial charge in [0.2, 0.25) is 11.8 Å². The molecule has 1 aliphatic heterocycles. The highest BCUT2D eigenvalue weighted by atomic mass is 35.5. The maximum absolute atomic E-state index is 13.1. The van der Waals surface area contributed by atoms with E-state index < -0.39 is 0 Å². The lowest BCUT2D eigenvalue weighted by Gasteiger charge is -2.40. The maximum atomic E-state index is 13.1. The van der Waals surface area contributed by atoms with Gasteiger partial charge in [0.25, 0.3) is 0 Å². The predicted molar refractivity (Wildman–Crippen MR) is 127 cm³/mol. The minimum absolute atomic E-state index is 0.0314. The molecule has 2 amide bonds. The van der Waals surface area contributed by atoms with Crippen LogP contribution in [0.1, 0.15) is 89.9 Å². The predicted octanol–water partition coefficient (Wildman–Crippen LogP) is 4.64. The number of alkyl halides is 1. The zero-order chi connectivity index (χ0) is 22.1. The minimum atomic E-state index is 0.0314. The average molecular weight is 464 g/mol. The lowest BCUT2D eigenvalue weighted by Crippen LogP contribution is -2.51. The van der Waals surface area contributed by atoms with Crippen molar-refractivity contribution < 1.29 is 9.59 Å². The van der Waals surface area contributed by atoms with Gasteiger partial charge in [-0.15, -0.1) is 11.6 Å². The van der Waals surface area contributed by atoms with Gasteiger partial charge in [0.05, 0.1) is 0 Å². The molecule has 0 aromatic carbocycles. The Hall–Kier alpha value is -0.810. The van der Waals surface area contributed by atoms with Crippen LogP contribution in [0.4, 0.5) is 0 Å². The summed E-state index contributed by atoms with van der Waals surface area (Å²) in [6.45, 7) is 0.986. The quantitative estimate of drug-likeness (QED) is 0.471. The molecule has 1 saturated heterocycles. The van der Waals surface area contributed by atoms with E-state index in [0.29, 0.717) is 29.8 Å². The van der Waals surface area contributed by atoms with E-state index in [1.807, 2.05) is 0 Å². The van der Waals surface area contributed by atoms with Gasteiger partial charge >= 0.3 is 0 Å². The summed E-state index contributed by atoms with van der Waals surface area (Å²) in [5.41, 5.74) is 5.72. The fourth-order valence-corrected chi connectivity index (χ4v) is 8.80. The fourth-order valence-electron chi connectivity index (χ4n) is 8.61. The topological polar surface area (TPSA) is 61.4 Å². The number of likely N-dealkylation sites (tertiary alicyclic amines) is 1. The smallest absolute Gasteiger partial charge is 0.241 e. The van der Waals surface area contributed by atoms with E-state index in [-0.39, 0.29) is 23.7 Å². The highest BCUT2D eigenvalue weighted by Crippen LogP contribution is 2.50. The number of fused-ring (bicyclic) bond motifs is 4. The Morgan fingerprint density at radius 2 is 1.41 bits per heavy atom. The van der Waals surface area contributed by atoms with E-state index in [4.69, 9.17) is 11.6 Å². The molecule has 0 bridgehead atoms. The number of carbonyl (C=O) groups excluding carboxylic acids is 2. The number of hydrazine groups is 1. The van der Waals surface area contributed by atoms with Crippen LogP contribution in [0.25, 0.3) is 0 Å². The van der Waals surface area contributed by atoms with Crippen molar-refractivity contribution in [3.05, 3.63) is 0 Å². The van der Waals surface area contributed by atoms with Gasteiger partial charge in [-0.05, 0) is 68.6 Å². The Kier molecular flexibility index (Phi) is 7.33. The van der Waals surface area contributed by atoms with Crippen LogP contribution in [0, 0.1) is 35.5 Å². The second-order valence-corrected chi connectivity index (χ2v) is 11.8. The summed E-state index contributed by atoms with van der Waals surface area (Å²) < 4.78 is 0. The number of carbonyl (C=O) groups is 2. The van der Waals surface area contributed by atoms with E-state index in [1.54, 1.807) is 0 Å². The van der Waals surface area contributed by atoms with Gasteiger partial charge < -0.3 is 0 Å². The third kappa shape index (κ3) is 4.45. The second kappa shape index (κ2) is 10.2. The highest BCUT2D eigenvalue weighted by Gasteiger charge is 2.51. The van der Waals surface area contributed by atoms with Crippen molar-refractivity contribution >= 4 is 23.4 Å². The van der Waals surface area contributed by atoms with Gasteiger partial charge in [-0.2, -0.15) is 0 Å². The first-order chi connectivity index (χ1) is 15.7. The van der Waals surface area contributed by atoms with E-state index in [2.05, 4.69) is 15.8 Å². The number of hydrogen-bond donors (Lipinski definition) is 2. The molecule has 0 aromatic rings. The minimum Gasteiger partial charge on any atom is -0.296 e. The van der Waals surface area contributed by atoms with Gasteiger partial charge in [-0.1, -0.05) is 44.9 Å². The summed E-state index contributed by atoms with van der Waals surface area (Å²) in [5, 5.41) is 0. The molecule has 5 aliphatic rings. The van der Waals surface area contributed by atoms with E-state index >= 15 is 0 Å². The van der Waals surface area contributed by atoms with Gasteiger partial charge in [0, 0.05) is 36.3 Å². The maximum Gasteiger partial charge on any atom is 0.241 e. The van der Waals surface area contributed by atoms with Crippen LogP contribution in [0.5, 0.6) is 0 Å². The van der Waals surface area contributed by atoms with Gasteiger partial charge in [-0.3, -0.25) is 25.3 Å². The van der Waals surface area contributed by atoms with Crippen molar-refractivity contribution in [3.8, 4) is 0 Å². The van der Waals surface area contributed by atoms with Crippen LogP contribution >= 0.6 is 11.6 Å². The van der Waals surface area contributed by atoms with Crippen LogP contribution in [-0.2, 0) is 9.59 Å². The van der Waals surface area contributed by atoms with E-state index in [9.17, 15) is 9.59 Å². The molecule has 5 rings (SSSR count). The number of nitrogens with zero attached hydrogens (tertiary/aromatic N) is 1. The number of rotatable bonds is 4. The Labute approximate surface area is 198 Å². The van der Waals surface area contributed by atoms with Crippen molar-refractivity contribution in [2.24, 2.45) is 35.5 Å². The summed E-state index contributed by atoms with van der Waals surface area (Å²) in [6.07, 6.45) is 16.7. The zero-order valence-electron chi connectivity index (χ0n) is 19.6. The first-order valence-corrected chi connectivity index (χ1v) is 14.1. The van der Waals surface area contributed by atoms with Crippen LogP contribution in [0.15, 0.2) is 0 Å². The molecule has 4 saturated carbocycles. The molecule has 4 aliphatic carbocycles. The van der Waals surface area contributed by atoms with Gasteiger partial charge in [-0.25, -0.2) is 0 Å². The number of amides is 2. The van der Waals surface area contributed by atoms with Crippen molar-refractivity contribution in [2.45, 2.75) is 102 Å². The molecule has 1 heterocycles. The monoisotopic (exact) mass is 463 g/mol. The third-order valence-corrected chi connectivity index (χ3v) is 10.1. The molecule has 0 spiro atoms. The summed E-state index contributed by atoms with van der Waals surface area (Å²) in [7, 11) is 0. The van der Waals surface area contributed by atoms with Crippen molar-refractivity contribution in [2.75, 3.05) is 12.4 Å². The molecule has 8 unspecified atom stereocenters. The SMILES string of the molecule is O=C(NNC(=O)C1CCCC2CCCCC21)C1CCC2C(C1)C1CCCCC1N2CCCl. The van der Waals surface area contributed by atoms with Crippen LogP contribution in [-0.4, -0.2) is 41.2 Å². The Morgan fingerprint density at radius 1 is 0.719 bits per heavy atom. The van der Waals surface area contributed by atoms with Gasteiger partial charge in [0.15, 0.2) is 0 Å². The molecule has 0 radical (unpaired) electrons. The molecule has 180 valence electrons. The lowest BCUT2D eigenvalue weighted by atomic mass is 9.65. The average Bonchev–Trinajstić information content (AvgIpc) is 3.15. The van der Waals surface area contributed by atoms with Gasteiger partial charge in [0.1, 0.15) is 0 Å². The highest BCUT2D eigenvalue weighted by molar-refractivity contribution is 6.18. The first kappa shape index (κ1) is 23.0. The molecular formula is C26H42ClN3O2. The van der Waals surface area contributed by atoms with Crippen LogP contribution in [0.2, 0.25) is 0 Å². The summed E-state index contributed by atoms with van der Waals surface area (Å²) >= 11 is 6.15. The number of halogens is 1. The van der Waals surface area contributed by atoms with Crippen molar-refractivity contribution in [1.82, 2.24) is 15.8 Å². The summed E-state index contributed by atoms with van der Waals surface area (Å²) in [6, 6.07) is 1.28. The molecule has 8 atom stereocenters. The van der Waals surface area contributed by atoms with Crippen LogP contribution < -0.4 is 10.9 Å². The molecule has 5 fully saturated rings. The van der Waals surface area contributed by atoms with E-state index in [1.165, 1.54) is 57.8 Å². The fraction of sp³-hybridized carbons (Fsp3) is 0.923. The molecule has 6 heteroatoms. The molecule has 2 N–H and O–H groups in total. The second-order valence-electron chi connectivity index (χ2n) is 11.4. The lowest BCUT2D eigenvalue weighted by molar-refractivity contribution is -0.136. The Morgan fingerprint density at radius 3 is 2.25 bits per heavy atom. The van der Waals surface area contributed by atoms with Crippen LogP contribution in [0.3, 0.4) is 0 Å². The molecular weight excluding hydrogens is 422 g/mol. The van der Waals surface area contributed by atoms with Crippen molar-refractivity contribution in [1.29, 1.82) is 0 Å². The third-order valence-electron chi connectivity index (χ3n) is 9.98. The largest absolute Gasteiger partial charge is 0.296 e. The summed E-state index contributed by atoms with van der Waals surface area (Å²) in [5.74, 6) is 3.51. The Bertz CT molecular complexity index is 686. The number of nitrogens with one attached hydrogen (secondary N) is 2. The molecule has 0 aromatic heterocycles. The standard InChI is InChI=1S/C26H42ClN3O2/c27-14-15-30-23-11-4-3-9-20(23)22-16-18(12-13-24(22)30)25(31)28-29-26(32)21-10-5-7-17-6-1-2-8-19(17)21/h17-24H,1-16H2,(H,28,31)(H,29,32).